The fourth-order valence-electron chi connectivity index (χ4n) is 3.13. The molecular weight excluding hydrogens is 306 g/mol. The summed E-state index contributed by atoms with van der Waals surface area (Å²) >= 11 is 0. The van der Waals surface area contributed by atoms with Crippen LogP contribution in [-0.4, -0.2) is 92.4 Å². The zero-order valence-corrected chi connectivity index (χ0v) is 14.6. The molecule has 0 atom stereocenters. The fraction of sp³-hybridized carbons (Fsp3) is 0.750. The van der Waals surface area contributed by atoms with Crippen LogP contribution in [0.4, 0.5) is 17.3 Å². The molecule has 8 heteroatoms. The van der Waals surface area contributed by atoms with Gasteiger partial charge in [-0.2, -0.15) is 0 Å². The van der Waals surface area contributed by atoms with Gasteiger partial charge in [-0.3, -0.25) is 4.90 Å². The van der Waals surface area contributed by atoms with Gasteiger partial charge < -0.3 is 25.6 Å². The molecular formula is C16H29N7O. The molecule has 3 N–H and O–H groups in total. The molecule has 0 saturated carbocycles. The summed E-state index contributed by atoms with van der Waals surface area (Å²) < 4.78 is 5.37. The molecule has 0 unspecified atom stereocenters. The standard InChI is InChI=1S/C16H29N7O/c1-21-5-7-23(8-6-21)16-14(17)15(19-13-20-16)18-3-2-4-22-9-11-24-12-10-22/h13H,2-12,17H2,1H3,(H,18,19,20). The van der Waals surface area contributed by atoms with Gasteiger partial charge in [-0.25, -0.2) is 9.97 Å². The van der Waals surface area contributed by atoms with Crippen molar-refractivity contribution in [2.45, 2.75) is 6.42 Å². The van der Waals surface area contributed by atoms with Crippen molar-refractivity contribution in [2.75, 3.05) is 88.6 Å². The smallest absolute Gasteiger partial charge is 0.157 e. The van der Waals surface area contributed by atoms with Crippen LogP contribution < -0.4 is 16.0 Å². The molecule has 0 bridgehead atoms. The highest BCUT2D eigenvalue weighted by Gasteiger charge is 2.19. The summed E-state index contributed by atoms with van der Waals surface area (Å²) in [6.45, 7) is 9.67. The zero-order chi connectivity index (χ0) is 16.8. The van der Waals surface area contributed by atoms with E-state index in [1.807, 2.05) is 0 Å². The lowest BCUT2D eigenvalue weighted by molar-refractivity contribution is 0.0378. The van der Waals surface area contributed by atoms with Gasteiger partial charge >= 0.3 is 0 Å². The third kappa shape index (κ3) is 4.46. The van der Waals surface area contributed by atoms with Crippen molar-refractivity contribution in [1.82, 2.24) is 19.8 Å². The number of nitrogens with two attached hydrogens (primary N) is 1. The molecule has 0 spiro atoms. The molecule has 2 aliphatic rings. The number of nitrogens with zero attached hydrogens (tertiary/aromatic N) is 5. The number of nitrogen functional groups attached to an aromatic ring is 1. The fourth-order valence-corrected chi connectivity index (χ4v) is 3.13. The van der Waals surface area contributed by atoms with E-state index in [1.54, 1.807) is 6.33 Å². The molecule has 1 aromatic rings. The summed E-state index contributed by atoms with van der Waals surface area (Å²) in [4.78, 5) is 15.7. The van der Waals surface area contributed by atoms with Crippen LogP contribution in [0.3, 0.4) is 0 Å². The van der Waals surface area contributed by atoms with Crippen LogP contribution in [0.1, 0.15) is 6.42 Å². The Labute approximate surface area is 144 Å². The van der Waals surface area contributed by atoms with Crippen LogP contribution in [0, 0.1) is 0 Å². The number of likely N-dealkylation sites (N-methyl/N-ethyl adjacent to an activating group) is 1. The summed E-state index contributed by atoms with van der Waals surface area (Å²) in [5.41, 5.74) is 6.96. The van der Waals surface area contributed by atoms with Crippen molar-refractivity contribution in [3.63, 3.8) is 0 Å². The van der Waals surface area contributed by atoms with Crippen molar-refractivity contribution in [2.24, 2.45) is 0 Å². The highest BCUT2D eigenvalue weighted by Crippen LogP contribution is 2.26. The van der Waals surface area contributed by atoms with Gasteiger partial charge in [0.1, 0.15) is 12.0 Å². The van der Waals surface area contributed by atoms with Crippen molar-refractivity contribution in [3.8, 4) is 0 Å². The topological polar surface area (TPSA) is 82.8 Å². The lowest BCUT2D eigenvalue weighted by Crippen LogP contribution is -2.45. The number of morpholine rings is 1. The van der Waals surface area contributed by atoms with E-state index in [4.69, 9.17) is 10.5 Å². The Balaban J connectivity index is 1.49. The van der Waals surface area contributed by atoms with Crippen LogP contribution in [0.5, 0.6) is 0 Å². The predicted molar refractivity (Wildman–Crippen MR) is 96.5 cm³/mol. The maximum Gasteiger partial charge on any atom is 0.157 e. The number of ether oxygens (including phenoxy) is 1. The number of hydrogen-bond donors (Lipinski definition) is 2. The van der Waals surface area contributed by atoms with Gasteiger partial charge in [-0.15, -0.1) is 0 Å². The molecule has 134 valence electrons. The number of hydrogen-bond acceptors (Lipinski definition) is 8. The van der Waals surface area contributed by atoms with Crippen LogP contribution >= 0.6 is 0 Å². The molecule has 2 aliphatic heterocycles. The van der Waals surface area contributed by atoms with Gasteiger partial charge in [-0.1, -0.05) is 0 Å². The first-order chi connectivity index (χ1) is 11.7. The number of rotatable bonds is 6. The van der Waals surface area contributed by atoms with Gasteiger partial charge in [0.25, 0.3) is 0 Å². The Kier molecular flexibility index (Phi) is 6.06. The molecule has 24 heavy (non-hydrogen) atoms. The second-order valence-corrected chi connectivity index (χ2v) is 6.48. The average Bonchev–Trinajstić information content (AvgIpc) is 2.62. The summed E-state index contributed by atoms with van der Waals surface area (Å²) in [6.07, 6.45) is 2.67. The molecule has 0 aliphatic carbocycles. The Hall–Kier alpha value is -1.64. The van der Waals surface area contributed by atoms with Crippen molar-refractivity contribution >= 4 is 17.3 Å². The number of nitrogens with one attached hydrogen (secondary N) is 1. The Morgan fingerprint density at radius 1 is 1.12 bits per heavy atom. The van der Waals surface area contributed by atoms with E-state index in [-0.39, 0.29) is 0 Å². The molecule has 3 heterocycles. The normalized spacial score (nSPS) is 20.3. The van der Waals surface area contributed by atoms with Crippen molar-refractivity contribution in [1.29, 1.82) is 0 Å². The molecule has 2 saturated heterocycles. The lowest BCUT2D eigenvalue weighted by Gasteiger charge is -2.33. The molecule has 3 rings (SSSR count). The lowest BCUT2D eigenvalue weighted by atomic mass is 10.3. The molecule has 1 aromatic heterocycles. The van der Waals surface area contributed by atoms with E-state index in [0.29, 0.717) is 5.69 Å². The third-order valence-corrected chi connectivity index (χ3v) is 4.71. The predicted octanol–water partition coefficient (Wildman–Crippen LogP) is -0.0552. The summed E-state index contributed by atoms with van der Waals surface area (Å²) in [6, 6.07) is 0. The van der Waals surface area contributed by atoms with Gasteiger partial charge in [0.2, 0.25) is 0 Å². The van der Waals surface area contributed by atoms with E-state index in [2.05, 4.69) is 37.0 Å². The first kappa shape index (κ1) is 17.2. The number of aromatic nitrogens is 2. The monoisotopic (exact) mass is 335 g/mol. The first-order valence-corrected chi connectivity index (χ1v) is 8.82. The molecule has 0 radical (unpaired) electrons. The van der Waals surface area contributed by atoms with Crippen LogP contribution in [0.2, 0.25) is 0 Å². The van der Waals surface area contributed by atoms with E-state index in [0.717, 1.165) is 83.6 Å². The number of anilines is 3. The molecule has 2 fully saturated rings. The van der Waals surface area contributed by atoms with E-state index < -0.39 is 0 Å². The van der Waals surface area contributed by atoms with Gasteiger partial charge in [0, 0.05) is 45.8 Å². The van der Waals surface area contributed by atoms with Crippen LogP contribution in [0.15, 0.2) is 6.33 Å². The first-order valence-electron chi connectivity index (χ1n) is 8.82. The average molecular weight is 335 g/mol. The summed E-state index contributed by atoms with van der Waals surface area (Å²) in [5, 5.41) is 3.37. The molecule has 0 amide bonds. The highest BCUT2D eigenvalue weighted by atomic mass is 16.5. The third-order valence-electron chi connectivity index (χ3n) is 4.71. The van der Waals surface area contributed by atoms with E-state index in [1.165, 1.54) is 0 Å². The quantitative estimate of drug-likeness (QED) is 0.700. The van der Waals surface area contributed by atoms with Crippen LogP contribution in [-0.2, 0) is 4.74 Å². The molecule has 8 nitrogen and oxygen atoms in total. The minimum Gasteiger partial charge on any atom is -0.393 e. The minimum absolute atomic E-state index is 0.661. The minimum atomic E-state index is 0.661. The van der Waals surface area contributed by atoms with Gasteiger partial charge in [0.15, 0.2) is 11.6 Å². The van der Waals surface area contributed by atoms with E-state index in [9.17, 15) is 0 Å². The molecule has 0 aromatic carbocycles. The maximum absolute atomic E-state index is 6.30. The van der Waals surface area contributed by atoms with Gasteiger partial charge in [-0.05, 0) is 20.0 Å². The summed E-state index contributed by atoms with van der Waals surface area (Å²) in [7, 11) is 2.14. The largest absolute Gasteiger partial charge is 0.393 e. The SMILES string of the molecule is CN1CCN(c2ncnc(NCCCN3CCOCC3)c2N)CC1. The van der Waals surface area contributed by atoms with Crippen molar-refractivity contribution in [3.05, 3.63) is 6.33 Å². The second kappa shape index (κ2) is 8.46. The Bertz CT molecular complexity index is 513. The van der Waals surface area contributed by atoms with Crippen molar-refractivity contribution < 1.29 is 4.74 Å². The number of piperazine rings is 1. The van der Waals surface area contributed by atoms with Gasteiger partial charge in [0.05, 0.1) is 13.2 Å². The van der Waals surface area contributed by atoms with Crippen LogP contribution in [0.25, 0.3) is 0 Å². The second-order valence-electron chi connectivity index (χ2n) is 6.48. The Morgan fingerprint density at radius 3 is 2.62 bits per heavy atom. The highest BCUT2D eigenvalue weighted by molar-refractivity contribution is 5.74. The maximum atomic E-state index is 6.30. The zero-order valence-electron chi connectivity index (χ0n) is 14.6. The Morgan fingerprint density at radius 2 is 1.88 bits per heavy atom. The van der Waals surface area contributed by atoms with E-state index >= 15 is 0 Å². The summed E-state index contributed by atoms with van der Waals surface area (Å²) in [5.74, 6) is 1.61.